The highest BCUT2D eigenvalue weighted by atomic mass is 35.5. The Morgan fingerprint density at radius 3 is 2.64 bits per heavy atom. The Bertz CT molecular complexity index is 937. The zero-order valence-corrected chi connectivity index (χ0v) is 14.9. The lowest BCUT2D eigenvalue weighted by Crippen LogP contribution is -2.49. The maximum atomic E-state index is 13.8. The molecule has 128 valence electrons. The molecule has 4 nitrogen and oxygen atoms in total. The lowest BCUT2D eigenvalue weighted by atomic mass is 10.1. The minimum atomic E-state index is -0.474. The van der Waals surface area contributed by atoms with E-state index in [2.05, 4.69) is 9.88 Å². The molecule has 7 heteroatoms. The molecular formula is C18H15ClFN3OS. The van der Waals surface area contributed by atoms with Crippen molar-refractivity contribution in [3.8, 4) is 0 Å². The van der Waals surface area contributed by atoms with Gasteiger partial charge in [-0.1, -0.05) is 35.1 Å². The predicted molar refractivity (Wildman–Crippen MR) is 99.1 cm³/mol. The topological polar surface area (TPSA) is 36.4 Å². The number of thiazole rings is 1. The second kappa shape index (κ2) is 6.61. The van der Waals surface area contributed by atoms with Crippen LogP contribution in [0.4, 0.5) is 9.52 Å². The number of carbonyl (C=O) groups is 1. The molecule has 0 N–H and O–H groups in total. The summed E-state index contributed by atoms with van der Waals surface area (Å²) in [5.41, 5.74) is 1.06. The fraction of sp³-hybridized carbons (Fsp3) is 0.222. The summed E-state index contributed by atoms with van der Waals surface area (Å²) in [6.45, 7) is 2.44. The van der Waals surface area contributed by atoms with Gasteiger partial charge in [0.2, 0.25) is 0 Å². The van der Waals surface area contributed by atoms with E-state index >= 15 is 0 Å². The Labute approximate surface area is 153 Å². The molecule has 0 aliphatic carbocycles. The molecule has 1 saturated heterocycles. The molecule has 0 bridgehead atoms. The minimum Gasteiger partial charge on any atom is -0.345 e. The molecule has 1 amide bonds. The van der Waals surface area contributed by atoms with E-state index in [4.69, 9.17) is 11.6 Å². The largest absolute Gasteiger partial charge is 0.345 e. The van der Waals surface area contributed by atoms with Gasteiger partial charge in [0.1, 0.15) is 5.82 Å². The lowest BCUT2D eigenvalue weighted by Gasteiger charge is -2.34. The van der Waals surface area contributed by atoms with Gasteiger partial charge in [-0.3, -0.25) is 4.79 Å². The van der Waals surface area contributed by atoms with Crippen LogP contribution in [0.5, 0.6) is 0 Å². The zero-order valence-electron chi connectivity index (χ0n) is 13.3. The fourth-order valence-corrected chi connectivity index (χ4v) is 4.22. The summed E-state index contributed by atoms with van der Waals surface area (Å²) < 4.78 is 14.9. The molecule has 1 aromatic heterocycles. The van der Waals surface area contributed by atoms with Gasteiger partial charge < -0.3 is 9.80 Å². The van der Waals surface area contributed by atoms with E-state index in [0.29, 0.717) is 31.2 Å². The number of hydrogen-bond donors (Lipinski definition) is 0. The molecule has 0 unspecified atom stereocenters. The van der Waals surface area contributed by atoms with Crippen LogP contribution in [0.2, 0.25) is 5.02 Å². The van der Waals surface area contributed by atoms with Crippen LogP contribution < -0.4 is 4.90 Å². The highest BCUT2D eigenvalue weighted by Crippen LogP contribution is 2.31. The van der Waals surface area contributed by atoms with Crippen molar-refractivity contribution in [2.45, 2.75) is 0 Å². The maximum Gasteiger partial charge on any atom is 0.256 e. The third-order valence-corrected chi connectivity index (χ3v) is 5.59. The fourth-order valence-electron chi connectivity index (χ4n) is 2.93. The van der Waals surface area contributed by atoms with Crippen molar-refractivity contribution in [2.75, 3.05) is 31.1 Å². The van der Waals surface area contributed by atoms with Crippen LogP contribution in [-0.4, -0.2) is 42.0 Å². The van der Waals surface area contributed by atoms with E-state index in [1.165, 1.54) is 12.1 Å². The second-order valence-electron chi connectivity index (χ2n) is 5.87. The van der Waals surface area contributed by atoms with Crippen LogP contribution >= 0.6 is 22.9 Å². The maximum absolute atomic E-state index is 13.8. The highest BCUT2D eigenvalue weighted by molar-refractivity contribution is 7.22. The van der Waals surface area contributed by atoms with Crippen molar-refractivity contribution in [1.82, 2.24) is 9.88 Å². The number of halogens is 2. The van der Waals surface area contributed by atoms with Crippen LogP contribution in [0, 0.1) is 5.82 Å². The molecule has 25 heavy (non-hydrogen) atoms. The molecule has 1 aliphatic rings. The van der Waals surface area contributed by atoms with E-state index in [1.807, 2.05) is 18.2 Å². The molecule has 0 atom stereocenters. The van der Waals surface area contributed by atoms with Gasteiger partial charge in [-0.05, 0) is 30.3 Å². The minimum absolute atomic E-state index is 0.130. The number of hydrogen-bond acceptors (Lipinski definition) is 4. The van der Waals surface area contributed by atoms with E-state index in [-0.39, 0.29) is 11.5 Å². The SMILES string of the molecule is O=C(c1ccccc1F)N1CCN(c2nc3ccc(Cl)cc3s2)CC1. The van der Waals surface area contributed by atoms with Gasteiger partial charge in [-0.25, -0.2) is 9.37 Å². The second-order valence-corrected chi connectivity index (χ2v) is 7.31. The van der Waals surface area contributed by atoms with Crippen molar-refractivity contribution in [1.29, 1.82) is 0 Å². The van der Waals surface area contributed by atoms with Crippen molar-refractivity contribution in [3.63, 3.8) is 0 Å². The number of aromatic nitrogens is 1. The number of piperazine rings is 1. The van der Waals surface area contributed by atoms with Crippen LogP contribution in [0.3, 0.4) is 0 Å². The molecule has 1 aliphatic heterocycles. The number of nitrogens with zero attached hydrogens (tertiary/aromatic N) is 3. The molecule has 0 saturated carbocycles. The summed E-state index contributed by atoms with van der Waals surface area (Å²) >= 11 is 7.62. The van der Waals surface area contributed by atoms with E-state index in [9.17, 15) is 9.18 Å². The quantitative estimate of drug-likeness (QED) is 0.678. The summed E-state index contributed by atoms with van der Waals surface area (Å²) in [6.07, 6.45) is 0. The first-order valence-electron chi connectivity index (χ1n) is 7.97. The summed E-state index contributed by atoms with van der Waals surface area (Å²) in [5, 5.41) is 1.62. The third kappa shape index (κ3) is 3.19. The van der Waals surface area contributed by atoms with Gasteiger partial charge in [0.15, 0.2) is 5.13 Å². The molecule has 3 aromatic rings. The summed E-state index contributed by atoms with van der Waals surface area (Å²) in [4.78, 5) is 21.0. The van der Waals surface area contributed by atoms with Gasteiger partial charge in [-0.15, -0.1) is 0 Å². The smallest absolute Gasteiger partial charge is 0.256 e. The Morgan fingerprint density at radius 2 is 1.88 bits per heavy atom. The molecule has 1 fully saturated rings. The Morgan fingerprint density at radius 1 is 1.12 bits per heavy atom. The van der Waals surface area contributed by atoms with Crippen molar-refractivity contribution in [2.24, 2.45) is 0 Å². The molecule has 0 radical (unpaired) electrons. The Balaban J connectivity index is 1.47. The first kappa shape index (κ1) is 16.3. The summed E-state index contributed by atoms with van der Waals surface area (Å²) in [6, 6.07) is 11.8. The van der Waals surface area contributed by atoms with Crippen molar-refractivity contribution < 1.29 is 9.18 Å². The van der Waals surface area contributed by atoms with E-state index in [1.54, 1.807) is 28.4 Å². The van der Waals surface area contributed by atoms with Gasteiger partial charge in [0.05, 0.1) is 15.8 Å². The number of rotatable bonds is 2. The lowest BCUT2D eigenvalue weighted by molar-refractivity contribution is 0.0742. The normalized spacial score (nSPS) is 15.0. The van der Waals surface area contributed by atoms with Gasteiger partial charge in [0.25, 0.3) is 5.91 Å². The zero-order chi connectivity index (χ0) is 17.4. The van der Waals surface area contributed by atoms with Crippen LogP contribution in [0.1, 0.15) is 10.4 Å². The summed E-state index contributed by atoms with van der Waals surface area (Å²) in [5.74, 6) is -0.730. The predicted octanol–water partition coefficient (Wildman–Crippen LogP) is 4.05. The van der Waals surface area contributed by atoms with Crippen LogP contribution in [0.25, 0.3) is 10.2 Å². The molecule has 2 heterocycles. The van der Waals surface area contributed by atoms with Gasteiger partial charge >= 0.3 is 0 Å². The van der Waals surface area contributed by atoms with Gasteiger partial charge in [-0.2, -0.15) is 0 Å². The monoisotopic (exact) mass is 375 g/mol. The van der Waals surface area contributed by atoms with Crippen LogP contribution in [-0.2, 0) is 0 Å². The standard InChI is InChI=1S/C18H15ClFN3OS/c19-12-5-6-15-16(11-12)25-18(21-15)23-9-7-22(8-10-23)17(24)13-3-1-2-4-14(13)20/h1-6,11H,7-10H2. The Hall–Kier alpha value is -2.18. The number of amides is 1. The van der Waals surface area contributed by atoms with Crippen molar-refractivity contribution >= 4 is 44.2 Å². The number of anilines is 1. The van der Waals surface area contributed by atoms with Gasteiger partial charge in [0, 0.05) is 31.2 Å². The average Bonchev–Trinajstić information content (AvgIpc) is 3.05. The Kier molecular flexibility index (Phi) is 4.31. The number of fused-ring (bicyclic) bond motifs is 1. The average molecular weight is 376 g/mol. The third-order valence-electron chi connectivity index (χ3n) is 4.28. The number of carbonyl (C=O) groups excluding carboxylic acids is 1. The van der Waals surface area contributed by atoms with Crippen molar-refractivity contribution in [3.05, 3.63) is 58.9 Å². The molecule has 0 spiro atoms. The summed E-state index contributed by atoms with van der Waals surface area (Å²) in [7, 11) is 0. The van der Waals surface area contributed by atoms with Crippen LogP contribution in [0.15, 0.2) is 42.5 Å². The molecule has 2 aromatic carbocycles. The molecule has 4 rings (SSSR count). The number of benzene rings is 2. The van der Waals surface area contributed by atoms with E-state index in [0.717, 1.165) is 15.3 Å². The molecular weight excluding hydrogens is 361 g/mol. The first-order chi connectivity index (χ1) is 12.1. The highest BCUT2D eigenvalue weighted by Gasteiger charge is 2.25. The van der Waals surface area contributed by atoms with E-state index < -0.39 is 5.82 Å². The first-order valence-corrected chi connectivity index (χ1v) is 9.16.